The number of aryl methyl sites for hydroxylation is 1. The molecule has 0 saturated carbocycles. The molecular formula is C27H28O4. The molecule has 0 aliphatic rings. The number of carbonyl (C=O) groups excluding carboxylic acids is 2. The predicted molar refractivity (Wildman–Crippen MR) is 122 cm³/mol. The maximum Gasteiger partial charge on any atom is 0.343 e. The molecule has 0 amide bonds. The summed E-state index contributed by atoms with van der Waals surface area (Å²) >= 11 is 0. The smallest absolute Gasteiger partial charge is 0.343 e. The van der Waals surface area contributed by atoms with Gasteiger partial charge < -0.3 is 9.47 Å². The van der Waals surface area contributed by atoms with Crippen LogP contribution in [0.2, 0.25) is 0 Å². The zero-order valence-corrected chi connectivity index (χ0v) is 18.5. The zero-order chi connectivity index (χ0) is 22.4. The van der Waals surface area contributed by atoms with E-state index < -0.39 is 11.9 Å². The molecule has 0 radical (unpaired) electrons. The largest absolute Gasteiger partial charge is 0.419 e. The summed E-state index contributed by atoms with van der Waals surface area (Å²) in [6.45, 7) is 8.08. The molecule has 0 N–H and O–H groups in total. The summed E-state index contributed by atoms with van der Waals surface area (Å²) in [4.78, 5) is 25.6. The van der Waals surface area contributed by atoms with Gasteiger partial charge in [-0.1, -0.05) is 62.7 Å². The molecule has 0 fully saturated rings. The first-order chi connectivity index (χ1) is 14.9. The standard InChI is InChI=1S/C27H28O4/c1-5-12-18(2)23-17-19(3)24(30-26(28)21-13-8-6-9-14-21)25(20(23)4)31-27(29)22-15-10-7-11-16-22/h6-11,13-18H,5,12H2,1-4H3. The molecule has 1 atom stereocenters. The van der Waals surface area contributed by atoms with Gasteiger partial charge in [-0.25, -0.2) is 9.59 Å². The molecule has 1 unspecified atom stereocenters. The van der Waals surface area contributed by atoms with Crippen molar-refractivity contribution in [2.45, 2.75) is 46.5 Å². The number of ether oxygens (including phenoxy) is 2. The third-order valence-corrected chi connectivity index (χ3v) is 5.37. The Bertz CT molecular complexity index is 1060. The van der Waals surface area contributed by atoms with Crippen molar-refractivity contribution >= 4 is 11.9 Å². The van der Waals surface area contributed by atoms with E-state index in [1.54, 1.807) is 48.5 Å². The lowest BCUT2D eigenvalue weighted by Gasteiger charge is -2.21. The minimum Gasteiger partial charge on any atom is -0.419 e. The number of esters is 2. The highest BCUT2D eigenvalue weighted by Crippen LogP contribution is 2.41. The molecule has 3 rings (SSSR count). The molecule has 0 heterocycles. The van der Waals surface area contributed by atoms with Gasteiger partial charge in [0.05, 0.1) is 11.1 Å². The second kappa shape index (κ2) is 10.1. The van der Waals surface area contributed by atoms with E-state index in [1.165, 1.54) is 0 Å². The molecule has 4 nitrogen and oxygen atoms in total. The quantitative estimate of drug-likeness (QED) is 0.320. The van der Waals surface area contributed by atoms with E-state index in [9.17, 15) is 9.59 Å². The molecular weight excluding hydrogens is 388 g/mol. The highest BCUT2D eigenvalue weighted by Gasteiger charge is 2.24. The van der Waals surface area contributed by atoms with Crippen LogP contribution in [0.4, 0.5) is 0 Å². The van der Waals surface area contributed by atoms with Gasteiger partial charge in [-0.3, -0.25) is 0 Å². The van der Waals surface area contributed by atoms with E-state index >= 15 is 0 Å². The number of rotatable bonds is 7. The molecule has 31 heavy (non-hydrogen) atoms. The average molecular weight is 417 g/mol. The van der Waals surface area contributed by atoms with Crippen LogP contribution < -0.4 is 9.47 Å². The number of hydrogen-bond acceptors (Lipinski definition) is 4. The summed E-state index contributed by atoms with van der Waals surface area (Å²) in [5, 5.41) is 0. The number of benzene rings is 3. The maximum atomic E-state index is 12.8. The maximum absolute atomic E-state index is 12.8. The van der Waals surface area contributed by atoms with Gasteiger partial charge in [-0.05, 0) is 67.1 Å². The molecule has 4 heteroatoms. The molecule has 0 aliphatic carbocycles. The first-order valence-electron chi connectivity index (χ1n) is 10.6. The fourth-order valence-electron chi connectivity index (χ4n) is 3.69. The Kier molecular flexibility index (Phi) is 7.24. The minimum atomic E-state index is -0.491. The molecule has 0 spiro atoms. The summed E-state index contributed by atoms with van der Waals surface area (Å²) < 4.78 is 11.6. The van der Waals surface area contributed by atoms with Crippen molar-refractivity contribution in [2.24, 2.45) is 0 Å². The summed E-state index contributed by atoms with van der Waals surface area (Å²) in [6, 6.07) is 19.6. The highest BCUT2D eigenvalue weighted by atomic mass is 16.6. The lowest BCUT2D eigenvalue weighted by molar-refractivity contribution is 0.0680. The topological polar surface area (TPSA) is 52.6 Å². The Hall–Kier alpha value is -3.40. The van der Waals surface area contributed by atoms with Crippen molar-refractivity contribution < 1.29 is 19.1 Å². The summed E-state index contributed by atoms with van der Waals surface area (Å²) in [7, 11) is 0. The van der Waals surface area contributed by atoms with Crippen LogP contribution in [0.15, 0.2) is 66.7 Å². The normalized spacial score (nSPS) is 11.6. The van der Waals surface area contributed by atoms with Gasteiger partial charge in [0.1, 0.15) is 0 Å². The molecule has 160 valence electrons. The van der Waals surface area contributed by atoms with Crippen molar-refractivity contribution in [1.82, 2.24) is 0 Å². The molecule has 0 saturated heterocycles. The van der Waals surface area contributed by atoms with Crippen molar-refractivity contribution in [3.63, 3.8) is 0 Å². The second-order valence-corrected chi connectivity index (χ2v) is 7.77. The van der Waals surface area contributed by atoms with Gasteiger partial charge >= 0.3 is 11.9 Å². The van der Waals surface area contributed by atoms with Crippen LogP contribution in [0.3, 0.4) is 0 Å². The van der Waals surface area contributed by atoms with Gasteiger partial charge in [-0.2, -0.15) is 0 Å². The molecule has 3 aromatic rings. The summed E-state index contributed by atoms with van der Waals surface area (Å²) in [5.41, 5.74) is 3.53. The Morgan fingerprint density at radius 3 is 1.77 bits per heavy atom. The second-order valence-electron chi connectivity index (χ2n) is 7.77. The highest BCUT2D eigenvalue weighted by molar-refractivity contribution is 5.93. The minimum absolute atomic E-state index is 0.281. The first kappa shape index (κ1) is 22.3. The van der Waals surface area contributed by atoms with Crippen LogP contribution in [0, 0.1) is 13.8 Å². The fourth-order valence-corrected chi connectivity index (χ4v) is 3.69. The van der Waals surface area contributed by atoms with Crippen LogP contribution in [0.25, 0.3) is 0 Å². The number of hydrogen-bond donors (Lipinski definition) is 0. The van der Waals surface area contributed by atoms with Crippen molar-refractivity contribution in [1.29, 1.82) is 0 Å². The van der Waals surface area contributed by atoms with Gasteiger partial charge in [0.25, 0.3) is 0 Å². The third-order valence-electron chi connectivity index (χ3n) is 5.37. The Labute approximate surface area is 183 Å². The first-order valence-corrected chi connectivity index (χ1v) is 10.6. The summed E-state index contributed by atoms with van der Waals surface area (Å²) in [5.74, 6) is -0.106. The molecule has 3 aromatic carbocycles. The van der Waals surface area contributed by atoms with Gasteiger partial charge in [0.2, 0.25) is 0 Å². The van der Waals surface area contributed by atoms with E-state index in [4.69, 9.17) is 9.47 Å². The van der Waals surface area contributed by atoms with Crippen molar-refractivity contribution in [2.75, 3.05) is 0 Å². The van der Waals surface area contributed by atoms with Gasteiger partial charge in [0.15, 0.2) is 11.5 Å². The molecule has 0 bridgehead atoms. The Morgan fingerprint density at radius 1 is 0.806 bits per heavy atom. The Morgan fingerprint density at radius 2 is 1.29 bits per heavy atom. The van der Waals surface area contributed by atoms with E-state index in [0.29, 0.717) is 16.9 Å². The van der Waals surface area contributed by atoms with Gasteiger partial charge in [-0.15, -0.1) is 0 Å². The Balaban J connectivity index is 2.04. The average Bonchev–Trinajstić information content (AvgIpc) is 2.79. The van der Waals surface area contributed by atoms with E-state index in [-0.39, 0.29) is 11.7 Å². The molecule has 0 aromatic heterocycles. The summed E-state index contributed by atoms with van der Waals surface area (Å²) in [6.07, 6.45) is 2.05. The fraction of sp³-hybridized carbons (Fsp3) is 0.259. The van der Waals surface area contributed by atoms with Crippen LogP contribution in [-0.2, 0) is 0 Å². The van der Waals surface area contributed by atoms with Crippen LogP contribution in [0.5, 0.6) is 11.5 Å². The lowest BCUT2D eigenvalue weighted by Crippen LogP contribution is -2.15. The third kappa shape index (κ3) is 5.21. The monoisotopic (exact) mass is 416 g/mol. The van der Waals surface area contributed by atoms with E-state index in [1.807, 2.05) is 32.0 Å². The van der Waals surface area contributed by atoms with Crippen LogP contribution >= 0.6 is 0 Å². The predicted octanol–water partition coefficient (Wildman–Crippen LogP) is 6.65. The van der Waals surface area contributed by atoms with Crippen LogP contribution in [-0.4, -0.2) is 11.9 Å². The van der Waals surface area contributed by atoms with Crippen LogP contribution in [0.1, 0.15) is 70.0 Å². The number of carbonyl (C=O) groups is 2. The lowest BCUT2D eigenvalue weighted by atomic mass is 9.90. The van der Waals surface area contributed by atoms with Crippen molar-refractivity contribution in [3.05, 3.63) is 94.5 Å². The molecule has 0 aliphatic heterocycles. The van der Waals surface area contributed by atoms with E-state index in [2.05, 4.69) is 13.8 Å². The van der Waals surface area contributed by atoms with E-state index in [0.717, 1.165) is 29.5 Å². The zero-order valence-electron chi connectivity index (χ0n) is 18.5. The van der Waals surface area contributed by atoms with Gasteiger partial charge in [0, 0.05) is 0 Å². The SMILES string of the molecule is CCCC(C)c1cc(C)c(OC(=O)c2ccccc2)c(OC(=O)c2ccccc2)c1C. The van der Waals surface area contributed by atoms with Crippen molar-refractivity contribution in [3.8, 4) is 11.5 Å².